The first kappa shape index (κ1) is 22.1. The Labute approximate surface area is 121 Å². The summed E-state index contributed by atoms with van der Waals surface area (Å²) in [5.74, 6) is -34.3. The van der Waals surface area contributed by atoms with Gasteiger partial charge in [-0.3, -0.25) is 0 Å². The molecule has 0 spiro atoms. The Hall–Kier alpha value is -0.880. The lowest BCUT2D eigenvalue weighted by Gasteiger charge is -2.41. The van der Waals surface area contributed by atoms with Crippen LogP contribution in [0.4, 0.5) is 52.7 Å². The fourth-order valence-electron chi connectivity index (χ4n) is 1.24. The summed E-state index contributed by atoms with van der Waals surface area (Å²) in [4.78, 5) is 0. The van der Waals surface area contributed by atoms with Crippen LogP contribution in [0.15, 0.2) is 0 Å². The number of hydrogen-bond donors (Lipinski definition) is 0. The lowest BCUT2D eigenvalue weighted by Crippen LogP contribution is -2.70. The predicted molar refractivity (Wildman–Crippen MR) is 51.6 cm³/mol. The first-order valence-electron chi connectivity index (χ1n) is 5.72. The average molecular weight is 374 g/mol. The van der Waals surface area contributed by atoms with Gasteiger partial charge in [0.15, 0.2) is 0 Å². The topological polar surface area (TPSA) is 9.23 Å². The number of hydrogen-bond acceptors (Lipinski definition) is 1. The van der Waals surface area contributed by atoms with Gasteiger partial charge in [-0.1, -0.05) is 6.92 Å². The summed E-state index contributed by atoms with van der Waals surface area (Å²) in [6.45, 7) is -0.336. The number of rotatable bonds is 7. The zero-order chi connectivity index (χ0) is 19.1. The van der Waals surface area contributed by atoms with Gasteiger partial charge in [0.05, 0.1) is 6.61 Å². The molecule has 0 N–H and O–H groups in total. The predicted octanol–water partition coefficient (Wildman–Crippen LogP) is 5.20. The lowest BCUT2D eigenvalue weighted by molar-refractivity contribution is -0.446. The van der Waals surface area contributed by atoms with Crippen LogP contribution >= 0.6 is 0 Å². The molecule has 0 fully saturated rings. The summed E-state index contributed by atoms with van der Waals surface area (Å²) >= 11 is 0. The Morgan fingerprint density at radius 2 is 0.957 bits per heavy atom. The molecule has 0 heterocycles. The molecule has 0 saturated carbocycles. The molecule has 1 unspecified atom stereocenters. The Morgan fingerprint density at radius 3 is 1.26 bits per heavy atom. The molecular formula is C10H10F12O. The molecule has 0 aromatic carbocycles. The van der Waals surface area contributed by atoms with Crippen LogP contribution in [0.3, 0.4) is 0 Å². The van der Waals surface area contributed by atoms with Gasteiger partial charge in [0, 0.05) is 6.92 Å². The quantitative estimate of drug-likeness (QED) is 0.557. The maximum Gasteiger partial charge on any atom is 0.460 e. The molecule has 0 aliphatic carbocycles. The molecule has 0 bridgehead atoms. The van der Waals surface area contributed by atoms with Crippen molar-refractivity contribution in [1.82, 2.24) is 0 Å². The fraction of sp³-hybridized carbons (Fsp3) is 1.00. The second-order valence-corrected chi connectivity index (χ2v) is 4.56. The van der Waals surface area contributed by atoms with Gasteiger partial charge in [-0.2, -0.15) is 48.3 Å². The minimum Gasteiger partial charge on any atom is -0.341 e. The highest BCUT2D eigenvalue weighted by Gasteiger charge is 2.90. The molecule has 0 aliphatic rings. The van der Waals surface area contributed by atoms with E-state index in [-0.39, 0.29) is 6.42 Å². The van der Waals surface area contributed by atoms with Crippen molar-refractivity contribution in [3.63, 3.8) is 0 Å². The molecule has 0 aromatic rings. The summed E-state index contributed by atoms with van der Waals surface area (Å²) in [5.41, 5.74) is 0. The highest BCUT2D eigenvalue weighted by Crippen LogP contribution is 2.59. The third kappa shape index (κ3) is 3.20. The highest BCUT2D eigenvalue weighted by atomic mass is 19.4. The minimum atomic E-state index is -7.65. The largest absolute Gasteiger partial charge is 0.460 e. The van der Waals surface area contributed by atoms with Crippen molar-refractivity contribution in [3.8, 4) is 0 Å². The van der Waals surface area contributed by atoms with E-state index in [0.717, 1.165) is 0 Å². The fourth-order valence-corrected chi connectivity index (χ4v) is 1.24. The Kier molecular flexibility index (Phi) is 5.66. The summed E-state index contributed by atoms with van der Waals surface area (Å²) in [6.07, 6.45) is -7.55. The molecule has 1 nitrogen and oxygen atoms in total. The van der Waals surface area contributed by atoms with Crippen LogP contribution in [-0.2, 0) is 4.74 Å². The van der Waals surface area contributed by atoms with E-state index in [4.69, 9.17) is 0 Å². The molecule has 1 atom stereocenters. The molecule has 0 saturated heterocycles. The van der Waals surface area contributed by atoms with E-state index in [2.05, 4.69) is 4.74 Å². The van der Waals surface area contributed by atoms with E-state index in [0.29, 0.717) is 0 Å². The second-order valence-electron chi connectivity index (χ2n) is 4.56. The van der Waals surface area contributed by atoms with E-state index in [1.54, 1.807) is 0 Å². The van der Waals surface area contributed by atoms with Gasteiger partial charge in [-0.05, 0) is 6.42 Å². The van der Waals surface area contributed by atoms with Gasteiger partial charge in [-0.15, -0.1) is 0 Å². The third-order valence-corrected chi connectivity index (χ3v) is 2.68. The Balaban J connectivity index is 6.03. The summed E-state index contributed by atoms with van der Waals surface area (Å²) in [7, 11) is 0. The smallest absolute Gasteiger partial charge is 0.341 e. The number of alkyl halides is 12. The van der Waals surface area contributed by atoms with Gasteiger partial charge < -0.3 is 4.74 Å². The van der Waals surface area contributed by atoms with E-state index in [9.17, 15) is 52.7 Å². The second kappa shape index (κ2) is 5.88. The van der Waals surface area contributed by atoms with E-state index >= 15 is 0 Å². The number of halogens is 12. The standard InChI is InChI=1S/C10H10F12O/c1-3-4-23-5(2,11)6(12,13)7(14,15)8(16,17)9(18,19)10(20,21)22/h3-4H2,1-2H3. The summed E-state index contributed by atoms with van der Waals surface area (Å²) in [6, 6.07) is 0. The molecule has 23 heavy (non-hydrogen) atoms. The highest BCUT2D eigenvalue weighted by molar-refractivity contribution is 5.09. The van der Waals surface area contributed by atoms with Crippen LogP contribution in [0.1, 0.15) is 20.3 Å². The molecule has 0 amide bonds. The minimum absolute atomic E-state index is 0.268. The van der Waals surface area contributed by atoms with Crippen molar-refractivity contribution in [1.29, 1.82) is 0 Å². The Bertz CT molecular complexity index is 411. The van der Waals surface area contributed by atoms with Crippen molar-refractivity contribution in [3.05, 3.63) is 0 Å². The lowest BCUT2D eigenvalue weighted by atomic mass is 9.94. The van der Waals surface area contributed by atoms with Gasteiger partial charge in [-0.25, -0.2) is 4.39 Å². The molecule has 0 aromatic heterocycles. The first-order chi connectivity index (χ1) is 9.81. The zero-order valence-electron chi connectivity index (χ0n) is 11.4. The SMILES string of the molecule is CCCOC(C)(F)C(F)(F)C(F)(F)C(F)(F)C(F)(F)C(F)(F)F. The molecule has 140 valence electrons. The van der Waals surface area contributed by atoms with Crippen molar-refractivity contribution >= 4 is 0 Å². The van der Waals surface area contributed by atoms with Crippen molar-refractivity contribution in [2.24, 2.45) is 0 Å². The van der Waals surface area contributed by atoms with Crippen LogP contribution in [0.5, 0.6) is 0 Å². The van der Waals surface area contributed by atoms with Crippen LogP contribution in [-0.4, -0.2) is 42.3 Å². The Morgan fingerprint density at radius 1 is 0.609 bits per heavy atom. The molecule has 13 heteroatoms. The van der Waals surface area contributed by atoms with Crippen LogP contribution in [0.2, 0.25) is 0 Å². The molecule has 0 radical (unpaired) electrons. The molecule has 0 rings (SSSR count). The normalized spacial score (nSPS) is 18.0. The van der Waals surface area contributed by atoms with Gasteiger partial charge in [0.1, 0.15) is 0 Å². The first-order valence-corrected chi connectivity index (χ1v) is 5.72. The monoisotopic (exact) mass is 374 g/mol. The summed E-state index contributed by atoms with van der Waals surface area (Å²) in [5, 5.41) is 0. The van der Waals surface area contributed by atoms with Crippen LogP contribution < -0.4 is 0 Å². The maximum atomic E-state index is 13.5. The van der Waals surface area contributed by atoms with E-state index in [1.165, 1.54) is 6.92 Å². The van der Waals surface area contributed by atoms with E-state index in [1.807, 2.05) is 0 Å². The van der Waals surface area contributed by atoms with Gasteiger partial charge in [0.2, 0.25) is 0 Å². The van der Waals surface area contributed by atoms with Gasteiger partial charge in [0.25, 0.3) is 5.85 Å². The zero-order valence-corrected chi connectivity index (χ0v) is 11.4. The van der Waals surface area contributed by atoms with Crippen molar-refractivity contribution in [2.75, 3.05) is 6.61 Å². The van der Waals surface area contributed by atoms with Crippen LogP contribution in [0, 0.1) is 0 Å². The summed E-state index contributed by atoms with van der Waals surface area (Å²) < 4.78 is 156. The molecular weight excluding hydrogens is 364 g/mol. The van der Waals surface area contributed by atoms with Crippen LogP contribution in [0.25, 0.3) is 0 Å². The van der Waals surface area contributed by atoms with Crippen molar-refractivity contribution in [2.45, 2.75) is 56.0 Å². The third-order valence-electron chi connectivity index (χ3n) is 2.68. The average Bonchev–Trinajstić information content (AvgIpc) is 2.34. The van der Waals surface area contributed by atoms with E-state index < -0.39 is 49.3 Å². The van der Waals surface area contributed by atoms with Gasteiger partial charge >= 0.3 is 29.9 Å². The maximum absolute atomic E-state index is 13.5. The number of ether oxygens (including phenoxy) is 1. The molecule has 0 aliphatic heterocycles. The van der Waals surface area contributed by atoms with Crippen molar-refractivity contribution < 1.29 is 57.4 Å².